The highest BCUT2D eigenvalue weighted by atomic mass is 16.5. The molecule has 114 valence electrons. The number of carbonyl (C=O) groups excluding carboxylic acids is 1. The molecule has 0 aliphatic carbocycles. The second-order valence-corrected chi connectivity index (χ2v) is 5.04. The molecule has 6 heteroatoms. The van der Waals surface area contributed by atoms with Crippen molar-refractivity contribution in [3.63, 3.8) is 0 Å². The number of carbonyl (C=O) groups is 1. The summed E-state index contributed by atoms with van der Waals surface area (Å²) >= 11 is 0. The average molecular weight is 290 g/mol. The lowest BCUT2D eigenvalue weighted by atomic mass is 10.2. The van der Waals surface area contributed by atoms with E-state index in [0.29, 0.717) is 36.6 Å². The zero-order valence-corrected chi connectivity index (χ0v) is 12.7. The third-order valence-electron chi connectivity index (χ3n) is 3.06. The minimum atomic E-state index is -0.108. The van der Waals surface area contributed by atoms with Gasteiger partial charge in [0.2, 0.25) is 5.91 Å². The van der Waals surface area contributed by atoms with E-state index < -0.39 is 0 Å². The van der Waals surface area contributed by atoms with Crippen molar-refractivity contribution in [3.8, 4) is 11.8 Å². The number of methoxy groups -OCH3 is 1. The average Bonchev–Trinajstić information content (AvgIpc) is 2.47. The van der Waals surface area contributed by atoms with Gasteiger partial charge >= 0.3 is 0 Å². The molecule has 3 N–H and O–H groups in total. The summed E-state index contributed by atoms with van der Waals surface area (Å²) in [4.78, 5) is 13.9. The van der Waals surface area contributed by atoms with Gasteiger partial charge in [-0.3, -0.25) is 4.79 Å². The van der Waals surface area contributed by atoms with E-state index in [2.05, 4.69) is 11.4 Å². The number of anilines is 2. The number of hydrogen-bond acceptors (Lipinski definition) is 5. The van der Waals surface area contributed by atoms with Gasteiger partial charge in [-0.25, -0.2) is 0 Å². The van der Waals surface area contributed by atoms with Crippen LogP contribution in [0.3, 0.4) is 0 Å². The first-order valence-electron chi connectivity index (χ1n) is 6.77. The second-order valence-electron chi connectivity index (χ2n) is 5.04. The van der Waals surface area contributed by atoms with Gasteiger partial charge < -0.3 is 20.7 Å². The van der Waals surface area contributed by atoms with Crippen LogP contribution in [0.4, 0.5) is 11.4 Å². The van der Waals surface area contributed by atoms with Crippen LogP contribution in [0.15, 0.2) is 18.2 Å². The molecular weight excluding hydrogens is 268 g/mol. The maximum Gasteiger partial charge on any atom is 0.225 e. The summed E-state index contributed by atoms with van der Waals surface area (Å²) in [7, 11) is 3.45. The molecule has 0 heterocycles. The van der Waals surface area contributed by atoms with E-state index in [1.54, 1.807) is 25.3 Å². The van der Waals surface area contributed by atoms with Gasteiger partial charge in [-0.1, -0.05) is 0 Å². The van der Waals surface area contributed by atoms with E-state index in [1.807, 2.05) is 18.9 Å². The number of rotatable bonds is 7. The summed E-state index contributed by atoms with van der Waals surface area (Å²) in [6, 6.07) is 7.29. The van der Waals surface area contributed by atoms with E-state index in [9.17, 15) is 4.79 Å². The maximum atomic E-state index is 11.9. The van der Waals surface area contributed by atoms with Crippen molar-refractivity contribution in [2.24, 2.45) is 5.92 Å². The first kappa shape index (κ1) is 16.8. The molecule has 0 aromatic heterocycles. The summed E-state index contributed by atoms with van der Waals surface area (Å²) < 4.78 is 5.06. The van der Waals surface area contributed by atoms with Crippen molar-refractivity contribution in [3.05, 3.63) is 18.2 Å². The quantitative estimate of drug-likeness (QED) is 0.746. The van der Waals surface area contributed by atoms with Gasteiger partial charge in [0, 0.05) is 25.6 Å². The third kappa shape index (κ3) is 5.71. The zero-order chi connectivity index (χ0) is 15.8. The first-order chi connectivity index (χ1) is 9.96. The maximum absolute atomic E-state index is 11.9. The number of benzene rings is 1. The van der Waals surface area contributed by atoms with Gasteiger partial charge in [-0.05, 0) is 26.1 Å². The van der Waals surface area contributed by atoms with Gasteiger partial charge in [0.1, 0.15) is 5.75 Å². The van der Waals surface area contributed by atoms with Crippen LogP contribution in [-0.2, 0) is 4.79 Å². The lowest BCUT2D eigenvalue weighted by Crippen LogP contribution is -2.28. The molecule has 21 heavy (non-hydrogen) atoms. The van der Waals surface area contributed by atoms with Gasteiger partial charge in [-0.15, -0.1) is 0 Å². The molecule has 6 nitrogen and oxygen atoms in total. The summed E-state index contributed by atoms with van der Waals surface area (Å²) in [5, 5.41) is 11.5. The fourth-order valence-electron chi connectivity index (χ4n) is 1.89. The van der Waals surface area contributed by atoms with Crippen LogP contribution < -0.4 is 15.8 Å². The van der Waals surface area contributed by atoms with Gasteiger partial charge in [-0.2, -0.15) is 5.26 Å². The van der Waals surface area contributed by atoms with Crippen LogP contribution in [-0.4, -0.2) is 38.1 Å². The number of nitrogens with zero attached hydrogens (tertiary/aromatic N) is 2. The Labute approximate surface area is 125 Å². The normalized spacial score (nSPS) is 11.8. The molecule has 1 unspecified atom stereocenters. The Balaban J connectivity index is 2.46. The van der Waals surface area contributed by atoms with E-state index in [4.69, 9.17) is 15.7 Å². The van der Waals surface area contributed by atoms with Crippen molar-refractivity contribution >= 4 is 17.3 Å². The zero-order valence-electron chi connectivity index (χ0n) is 12.7. The lowest BCUT2D eigenvalue weighted by molar-refractivity contribution is -0.116. The monoisotopic (exact) mass is 290 g/mol. The largest absolute Gasteiger partial charge is 0.497 e. The number of ether oxygens (including phenoxy) is 1. The Hall–Kier alpha value is -2.26. The number of hydrogen-bond donors (Lipinski definition) is 2. The standard InChI is InChI=1S/C15H22N4O2/c1-11(9-16)10-19(2)7-6-15(20)18-14-5-4-12(21-3)8-13(14)17/h4-5,8,11H,6-7,10,17H2,1-3H3,(H,18,20). The van der Waals surface area contributed by atoms with E-state index in [1.165, 1.54) is 0 Å². The highest BCUT2D eigenvalue weighted by Crippen LogP contribution is 2.24. The Kier molecular flexibility index (Phi) is 6.50. The predicted octanol–water partition coefficient (Wildman–Crippen LogP) is 1.70. The van der Waals surface area contributed by atoms with Crippen LogP contribution in [0.1, 0.15) is 13.3 Å². The van der Waals surface area contributed by atoms with Crippen molar-refractivity contribution < 1.29 is 9.53 Å². The van der Waals surface area contributed by atoms with Crippen LogP contribution in [0.5, 0.6) is 5.75 Å². The molecule has 1 rings (SSSR count). The number of nitrogens with one attached hydrogen (secondary N) is 1. The van der Waals surface area contributed by atoms with Crippen molar-refractivity contribution in [1.82, 2.24) is 4.90 Å². The fourth-order valence-corrected chi connectivity index (χ4v) is 1.89. The SMILES string of the molecule is COc1ccc(NC(=O)CCN(C)CC(C)C#N)c(N)c1. The van der Waals surface area contributed by atoms with Gasteiger partial charge in [0.25, 0.3) is 0 Å². The Morgan fingerprint density at radius 2 is 2.29 bits per heavy atom. The van der Waals surface area contributed by atoms with E-state index in [0.717, 1.165) is 0 Å². The number of nitriles is 1. The van der Waals surface area contributed by atoms with Gasteiger partial charge in [0.15, 0.2) is 0 Å². The molecule has 0 radical (unpaired) electrons. The summed E-state index contributed by atoms with van der Waals surface area (Å²) in [5.74, 6) is 0.495. The molecule has 1 aromatic carbocycles. The van der Waals surface area contributed by atoms with E-state index in [-0.39, 0.29) is 11.8 Å². The molecule has 0 bridgehead atoms. The topological polar surface area (TPSA) is 91.4 Å². The second kappa shape index (κ2) is 8.12. The minimum absolute atomic E-state index is 0.0460. The Morgan fingerprint density at radius 3 is 2.86 bits per heavy atom. The van der Waals surface area contributed by atoms with Crippen LogP contribution in [0.2, 0.25) is 0 Å². The summed E-state index contributed by atoms with van der Waals surface area (Å²) in [6.45, 7) is 3.09. The van der Waals surface area contributed by atoms with Crippen molar-refractivity contribution in [1.29, 1.82) is 5.26 Å². The molecule has 0 saturated carbocycles. The Morgan fingerprint density at radius 1 is 1.57 bits per heavy atom. The minimum Gasteiger partial charge on any atom is -0.497 e. The molecule has 0 aliphatic heterocycles. The molecular formula is C15H22N4O2. The number of nitrogens with two attached hydrogens (primary N) is 1. The van der Waals surface area contributed by atoms with E-state index >= 15 is 0 Å². The molecule has 1 aromatic rings. The molecule has 0 saturated heterocycles. The fraction of sp³-hybridized carbons (Fsp3) is 0.467. The number of amides is 1. The first-order valence-corrected chi connectivity index (χ1v) is 6.77. The highest BCUT2D eigenvalue weighted by molar-refractivity contribution is 5.94. The third-order valence-corrected chi connectivity index (χ3v) is 3.06. The molecule has 1 atom stereocenters. The lowest BCUT2D eigenvalue weighted by Gasteiger charge is -2.17. The molecule has 0 spiro atoms. The Bertz CT molecular complexity index is 525. The molecule has 1 amide bonds. The van der Waals surface area contributed by atoms with Crippen molar-refractivity contribution in [2.75, 3.05) is 38.3 Å². The van der Waals surface area contributed by atoms with Crippen LogP contribution in [0.25, 0.3) is 0 Å². The van der Waals surface area contributed by atoms with Crippen LogP contribution in [0, 0.1) is 17.2 Å². The smallest absolute Gasteiger partial charge is 0.225 e. The summed E-state index contributed by atoms with van der Waals surface area (Å²) in [6.07, 6.45) is 0.347. The highest BCUT2D eigenvalue weighted by Gasteiger charge is 2.09. The molecule has 0 aliphatic rings. The number of nitrogen functional groups attached to an aromatic ring is 1. The van der Waals surface area contributed by atoms with Gasteiger partial charge in [0.05, 0.1) is 30.5 Å². The summed E-state index contributed by atoms with van der Waals surface area (Å²) in [5.41, 5.74) is 6.89. The van der Waals surface area contributed by atoms with Crippen LogP contribution >= 0.6 is 0 Å². The predicted molar refractivity (Wildman–Crippen MR) is 82.9 cm³/mol. The van der Waals surface area contributed by atoms with Crippen molar-refractivity contribution in [2.45, 2.75) is 13.3 Å². The molecule has 0 fully saturated rings.